The van der Waals surface area contributed by atoms with Crippen LogP contribution in [0.3, 0.4) is 0 Å². The molecule has 0 fully saturated rings. The van der Waals surface area contributed by atoms with Crippen molar-refractivity contribution < 1.29 is 94.5 Å². The monoisotopic (exact) mass is 796 g/mol. The number of aromatic nitrogens is 4. The van der Waals surface area contributed by atoms with Crippen LogP contribution < -0.4 is 64.4 Å². The molecule has 0 bridgehead atoms. The Labute approximate surface area is 343 Å². The Morgan fingerprint density at radius 1 is 0.776 bits per heavy atom. The van der Waals surface area contributed by atoms with E-state index in [1.807, 2.05) is 78.7 Å². The van der Waals surface area contributed by atoms with Gasteiger partial charge < -0.3 is 30.6 Å². The summed E-state index contributed by atoms with van der Waals surface area (Å²) in [6, 6.07) is 30.8. The zero-order valence-electron chi connectivity index (χ0n) is 29.3. The number of halogens is 1. The van der Waals surface area contributed by atoms with E-state index in [0.717, 1.165) is 51.3 Å². The van der Waals surface area contributed by atoms with Crippen LogP contribution in [0.25, 0.3) is 22.1 Å². The number of aromatic amines is 1. The fraction of sp³-hybridized carbons (Fsp3) is 0.171. The second-order valence-corrected chi connectivity index (χ2v) is 9.70. The molecule has 6 rings (SSSR count). The fourth-order valence-corrected chi connectivity index (χ4v) is 4.57. The number of nitrogens with zero attached hydrogens (tertiary/aromatic N) is 3. The molecule has 0 saturated heterocycles. The van der Waals surface area contributed by atoms with Gasteiger partial charge in [-0.1, -0.05) is 71.1 Å². The van der Waals surface area contributed by atoms with Crippen LogP contribution in [0.15, 0.2) is 97.1 Å². The molecule has 0 unspecified atom stereocenters. The first-order chi connectivity index (χ1) is 22.9. The van der Waals surface area contributed by atoms with Gasteiger partial charge in [0.05, 0.1) is 47.4 Å². The van der Waals surface area contributed by atoms with E-state index in [0.29, 0.717) is 17.5 Å². The van der Waals surface area contributed by atoms with Gasteiger partial charge in [0, 0.05) is 19.9 Å². The van der Waals surface area contributed by atoms with Gasteiger partial charge >= 0.3 is 71.1 Å². The molecule has 2 aromatic heterocycles. The van der Waals surface area contributed by atoms with Crippen molar-refractivity contribution in [2.24, 2.45) is 7.05 Å². The maximum Gasteiger partial charge on any atom is 1.00 e. The third-order valence-corrected chi connectivity index (χ3v) is 6.84. The van der Waals surface area contributed by atoms with E-state index in [1.54, 1.807) is 24.3 Å². The minimum absolute atomic E-state index is 0. The number of ether oxygens (including phenoxy) is 2. The van der Waals surface area contributed by atoms with Crippen LogP contribution in [0.2, 0.25) is 0 Å². The number of aryl methyl sites for hydroxylation is 1. The van der Waals surface area contributed by atoms with E-state index in [9.17, 15) is 9.59 Å². The molecule has 0 aliphatic rings. The number of esters is 2. The fourth-order valence-electron chi connectivity index (χ4n) is 4.57. The first kappa shape index (κ1) is 43.9. The standard InChI is InChI=1S/C17H16N2O2.C16H14N2O2.CH3I.CH2O3.2Na.H/c1-19-15-6-4-3-5-14(15)18-16(19)11-12-7-9-13(10-8-12)17(20)21-2;1-20-16(19)12-8-6-11(7-9-12)10-15-17-13-4-2-3-5-14(13)18-15;1-2;2-1-4-3;;;/h3-10H,11H2,1-2H3;2-9H,10H2,1H3,(H,17,18);1H3;1,3H;;;/q;;;;2*+1;-1/p-1. The van der Waals surface area contributed by atoms with Crippen molar-refractivity contribution in [2.75, 3.05) is 19.2 Å². The Balaban J connectivity index is 0.000000790. The summed E-state index contributed by atoms with van der Waals surface area (Å²) in [5, 5.41) is 8.43. The van der Waals surface area contributed by atoms with Crippen LogP contribution in [-0.4, -0.2) is 57.1 Å². The Morgan fingerprint density at radius 2 is 1.24 bits per heavy atom. The maximum absolute atomic E-state index is 11.4. The van der Waals surface area contributed by atoms with Crippen LogP contribution >= 0.6 is 22.6 Å². The maximum atomic E-state index is 11.4. The number of hydrogen-bond acceptors (Lipinski definition) is 9. The average molecular weight is 797 g/mol. The van der Waals surface area contributed by atoms with E-state index in [2.05, 4.69) is 57.8 Å². The molecule has 14 heteroatoms. The van der Waals surface area contributed by atoms with Gasteiger partial charge in [0.15, 0.2) is 0 Å². The van der Waals surface area contributed by atoms with E-state index >= 15 is 0 Å². The summed E-state index contributed by atoms with van der Waals surface area (Å²) < 4.78 is 11.5. The molecule has 1 N–H and O–H groups in total. The summed E-state index contributed by atoms with van der Waals surface area (Å²) in [4.78, 5) is 48.5. The topological polar surface area (TPSA) is 148 Å². The van der Waals surface area contributed by atoms with Gasteiger partial charge in [-0.2, -0.15) is 0 Å². The summed E-state index contributed by atoms with van der Waals surface area (Å²) in [5.41, 5.74) is 7.45. The van der Waals surface area contributed by atoms with Crippen molar-refractivity contribution >= 4 is 63.1 Å². The molecule has 0 aliphatic heterocycles. The predicted octanol–water partition coefficient (Wildman–Crippen LogP) is -0.503. The van der Waals surface area contributed by atoms with Gasteiger partial charge in [-0.15, -0.1) is 0 Å². The van der Waals surface area contributed by atoms with Gasteiger partial charge in [-0.3, -0.25) is 4.79 Å². The van der Waals surface area contributed by atoms with Crippen LogP contribution in [0.1, 0.15) is 44.9 Å². The second-order valence-electron chi connectivity index (χ2n) is 9.70. The predicted molar refractivity (Wildman–Crippen MR) is 186 cm³/mol. The van der Waals surface area contributed by atoms with Crippen molar-refractivity contribution in [1.82, 2.24) is 19.5 Å². The largest absolute Gasteiger partial charge is 1.00 e. The number of nitrogens with one attached hydrogen (secondary N) is 1. The van der Waals surface area contributed by atoms with Gasteiger partial charge in [0.2, 0.25) is 0 Å². The van der Waals surface area contributed by atoms with Crippen molar-refractivity contribution in [3.8, 4) is 0 Å². The number of rotatable bonds is 7. The van der Waals surface area contributed by atoms with E-state index in [1.165, 1.54) is 14.2 Å². The summed E-state index contributed by atoms with van der Waals surface area (Å²) in [6.45, 7) is -0.181. The molecule has 0 saturated carbocycles. The van der Waals surface area contributed by atoms with E-state index in [4.69, 9.17) is 14.8 Å². The van der Waals surface area contributed by atoms with Crippen LogP contribution in [0.5, 0.6) is 0 Å². The quantitative estimate of drug-likeness (QED) is 0.0430. The number of fused-ring (bicyclic) bond motifs is 2. The zero-order chi connectivity index (χ0) is 34.2. The minimum Gasteiger partial charge on any atom is -1.00 e. The number of carbonyl (C=O) groups excluding carboxylic acids is 3. The molecule has 0 atom stereocenters. The minimum atomic E-state index is -0.319. The Morgan fingerprint density at radius 3 is 1.71 bits per heavy atom. The zero-order valence-corrected chi connectivity index (χ0v) is 34.5. The SMILES string of the molecule is CI.COC(=O)c1ccc(Cc2nc3ccccc3[nH]2)cc1.COC(=O)c1ccc(Cc2nc3ccccc3n2C)cc1.O=CO[O-].[H-].[Na+].[Na+]. The summed E-state index contributed by atoms with van der Waals surface area (Å²) in [5.74, 6) is 1.28. The van der Waals surface area contributed by atoms with Gasteiger partial charge in [0.25, 0.3) is 6.47 Å². The molecule has 0 aliphatic carbocycles. The number of para-hydroxylation sites is 4. The molecule has 0 spiro atoms. The molecular formula is C35H35IN4Na2O7. The van der Waals surface area contributed by atoms with Crippen molar-refractivity contribution in [2.45, 2.75) is 12.8 Å². The third kappa shape index (κ3) is 13.0. The molecule has 0 radical (unpaired) electrons. The second kappa shape index (κ2) is 23.3. The number of hydrogen-bond donors (Lipinski definition) is 1. The first-order valence-electron chi connectivity index (χ1n) is 14.1. The number of methoxy groups -OCH3 is 2. The number of alkyl halides is 1. The third-order valence-electron chi connectivity index (χ3n) is 6.84. The number of H-pyrrole nitrogens is 1. The molecule has 2 heterocycles. The Bertz CT molecular complexity index is 1870. The van der Waals surface area contributed by atoms with Crippen LogP contribution in [0.4, 0.5) is 0 Å². The van der Waals surface area contributed by atoms with Crippen molar-refractivity contribution in [3.63, 3.8) is 0 Å². The van der Waals surface area contributed by atoms with Gasteiger partial charge in [0.1, 0.15) is 11.6 Å². The summed E-state index contributed by atoms with van der Waals surface area (Å²) >= 11 is 2.15. The molecular weight excluding hydrogens is 761 g/mol. The van der Waals surface area contributed by atoms with E-state index in [-0.39, 0.29) is 79.0 Å². The van der Waals surface area contributed by atoms with Gasteiger partial charge in [-0.05, 0) is 64.6 Å². The smallest absolute Gasteiger partial charge is 1.00 e. The molecule has 11 nitrogen and oxygen atoms in total. The number of imidazole rings is 2. The van der Waals surface area contributed by atoms with Crippen LogP contribution in [-0.2, 0) is 39.0 Å². The van der Waals surface area contributed by atoms with E-state index < -0.39 is 0 Å². The summed E-state index contributed by atoms with van der Waals surface area (Å²) in [7, 11) is 4.79. The number of carbonyl (C=O) groups is 3. The first-order valence-corrected chi connectivity index (χ1v) is 16.3. The van der Waals surface area contributed by atoms with Gasteiger partial charge in [-0.25, -0.2) is 19.6 Å². The van der Waals surface area contributed by atoms with Crippen molar-refractivity contribution in [3.05, 3.63) is 131 Å². The Kier molecular flexibility index (Phi) is 20.9. The number of benzene rings is 4. The molecule has 6 aromatic rings. The molecule has 49 heavy (non-hydrogen) atoms. The molecule has 246 valence electrons. The average Bonchev–Trinajstić information content (AvgIpc) is 3.69. The van der Waals surface area contributed by atoms with Crippen LogP contribution in [0, 0.1) is 0 Å². The molecule has 4 aromatic carbocycles. The normalized spacial score (nSPS) is 9.51. The summed E-state index contributed by atoms with van der Waals surface area (Å²) in [6.07, 6.45) is 1.43. The van der Waals surface area contributed by atoms with Crippen molar-refractivity contribution in [1.29, 1.82) is 0 Å². The molecule has 0 amide bonds. The Hall–Kier alpha value is -3.08.